The Kier molecular flexibility index (Phi) is 13.7. The maximum Gasteiger partial charge on any atom is 0.243 e. The van der Waals surface area contributed by atoms with Gasteiger partial charge in [0.15, 0.2) is 0 Å². The minimum atomic E-state index is -0.100. The van der Waals surface area contributed by atoms with Crippen LogP contribution in [0.2, 0.25) is 0 Å². The summed E-state index contributed by atoms with van der Waals surface area (Å²) in [5, 5.41) is 0. The molecule has 9 rings (SSSR count). The van der Waals surface area contributed by atoms with Crippen LogP contribution in [0.25, 0.3) is 66.8 Å². The Morgan fingerprint density at radius 2 is 0.521 bits per heavy atom. The second-order valence-corrected chi connectivity index (χ2v) is 21.5. The summed E-state index contributed by atoms with van der Waals surface area (Å²) in [7, 11) is 0. The maximum atomic E-state index is 4.59. The summed E-state index contributed by atoms with van der Waals surface area (Å²) in [4.78, 5) is 13.8. The first-order valence-electron chi connectivity index (χ1n) is 26.1. The van der Waals surface area contributed by atoms with Gasteiger partial charge in [0.1, 0.15) is 0 Å². The molecule has 3 nitrogen and oxygen atoms in total. The Morgan fingerprint density at radius 3 is 0.753 bits per heavy atom. The van der Waals surface area contributed by atoms with Crippen molar-refractivity contribution in [2.24, 2.45) is 0 Å². The topological polar surface area (TPSA) is 38.7 Å². The Hall–Kier alpha value is -7.17. The molecule has 0 aliphatic carbocycles. The number of hydrogen-bond acceptors (Lipinski definition) is 3. The molecule has 0 unspecified atom stereocenters. The zero-order chi connectivity index (χ0) is 52.5. The highest BCUT2D eigenvalue weighted by molar-refractivity contribution is 6.97. The molecule has 0 saturated carbocycles. The van der Waals surface area contributed by atoms with Crippen molar-refractivity contribution in [3.63, 3.8) is 0 Å². The minimum Gasteiger partial charge on any atom is -0.264 e. The molecule has 0 radical (unpaired) electrons. The molecule has 366 valence electrons. The fourth-order valence-electron chi connectivity index (χ4n) is 13.4. The lowest BCUT2D eigenvalue weighted by Gasteiger charge is -2.32. The summed E-state index contributed by atoms with van der Waals surface area (Å²) < 4.78 is 0. The molecule has 0 aliphatic heterocycles. The molecule has 3 aromatic heterocycles. The van der Waals surface area contributed by atoms with Gasteiger partial charge in [0.2, 0.25) is 6.71 Å². The number of rotatable bonds is 9. The van der Waals surface area contributed by atoms with Gasteiger partial charge in [-0.25, -0.2) is 0 Å². The first kappa shape index (κ1) is 50.8. The van der Waals surface area contributed by atoms with E-state index in [2.05, 4.69) is 212 Å². The second kappa shape index (κ2) is 19.7. The van der Waals surface area contributed by atoms with Gasteiger partial charge in [0.05, 0.1) is 0 Å². The van der Waals surface area contributed by atoms with Crippen LogP contribution in [0.1, 0.15) is 100 Å². The van der Waals surface area contributed by atoms with E-state index in [-0.39, 0.29) is 6.71 Å². The molecule has 0 fully saturated rings. The van der Waals surface area contributed by atoms with Crippen molar-refractivity contribution in [2.75, 3.05) is 0 Å². The van der Waals surface area contributed by atoms with E-state index in [1.165, 1.54) is 167 Å². The Labute approximate surface area is 437 Å². The number of benzene rings is 6. The monoisotopic (exact) mass is 954 g/mol. The molecule has 0 N–H and O–H groups in total. The van der Waals surface area contributed by atoms with Crippen LogP contribution in [0.4, 0.5) is 0 Å². The number of aromatic nitrogens is 3. The second-order valence-electron chi connectivity index (χ2n) is 21.5. The lowest BCUT2D eigenvalue weighted by molar-refractivity contribution is 1.26. The van der Waals surface area contributed by atoms with Gasteiger partial charge in [-0.3, -0.25) is 15.0 Å². The average Bonchev–Trinajstić information content (AvgIpc) is 3.34. The molecule has 0 amide bonds. The fraction of sp³-hybridized carbons (Fsp3) is 0.261. The third-order valence-corrected chi connectivity index (χ3v) is 16.9. The van der Waals surface area contributed by atoms with E-state index in [1.807, 2.05) is 37.2 Å². The van der Waals surface area contributed by atoms with E-state index in [9.17, 15) is 0 Å². The van der Waals surface area contributed by atoms with Crippen LogP contribution in [0.5, 0.6) is 0 Å². The lowest BCUT2D eigenvalue weighted by atomic mass is 9.32. The first-order chi connectivity index (χ1) is 34.7. The van der Waals surface area contributed by atoms with Crippen LogP contribution in [-0.2, 0) is 0 Å². The Morgan fingerprint density at radius 1 is 0.260 bits per heavy atom. The molecule has 73 heavy (non-hydrogen) atoms. The van der Waals surface area contributed by atoms with Crippen LogP contribution in [-0.4, -0.2) is 21.7 Å². The van der Waals surface area contributed by atoms with Gasteiger partial charge in [-0.2, -0.15) is 0 Å². The van der Waals surface area contributed by atoms with E-state index < -0.39 is 0 Å². The van der Waals surface area contributed by atoms with E-state index in [1.54, 1.807) is 0 Å². The highest BCUT2D eigenvalue weighted by atomic mass is 14.6. The molecule has 0 saturated heterocycles. The summed E-state index contributed by atoms with van der Waals surface area (Å²) in [6.07, 6.45) is 11.7. The van der Waals surface area contributed by atoms with E-state index in [0.717, 1.165) is 16.7 Å². The molecule has 0 aliphatic rings. The molecule has 3 heterocycles. The maximum absolute atomic E-state index is 4.59. The van der Waals surface area contributed by atoms with Crippen molar-refractivity contribution >= 4 is 23.1 Å². The fourth-order valence-corrected chi connectivity index (χ4v) is 13.4. The predicted molar refractivity (Wildman–Crippen MR) is 315 cm³/mol. The summed E-state index contributed by atoms with van der Waals surface area (Å²) in [6.45, 7) is 41.7. The number of hydrogen-bond donors (Lipinski definition) is 0. The summed E-state index contributed by atoms with van der Waals surface area (Å²) >= 11 is 0. The van der Waals surface area contributed by atoms with Gasteiger partial charge < -0.3 is 0 Å². The third-order valence-electron chi connectivity index (χ3n) is 16.9. The molecule has 4 heteroatoms. The predicted octanol–water partition coefficient (Wildman–Crippen LogP) is 15.9. The van der Waals surface area contributed by atoms with Crippen molar-refractivity contribution in [1.29, 1.82) is 0 Å². The molecule has 0 spiro atoms. The normalized spacial score (nSPS) is 11.4. The SMILES string of the molecule is Cc1cc(-c2c(C)cc(C)c(B(c3c(C)cc(C)c(-c4cc(C)c(C)c(-c5cccnc5)c4C)c3C)c3c(C)cc(C)c(-c4cc(C)c(C)c(-c5cccnc5)c4C)c3C)c2C)c(C)c(-c2cccnc2)c1C. The van der Waals surface area contributed by atoms with Gasteiger partial charge in [-0.05, 0) is 276 Å². The smallest absolute Gasteiger partial charge is 0.243 e. The Bertz CT molecular complexity index is 3290. The lowest BCUT2D eigenvalue weighted by Crippen LogP contribution is -2.58. The van der Waals surface area contributed by atoms with E-state index >= 15 is 0 Å². The van der Waals surface area contributed by atoms with Crippen LogP contribution in [0.3, 0.4) is 0 Å². The molecule has 0 bridgehead atoms. The van der Waals surface area contributed by atoms with Gasteiger partial charge in [0.25, 0.3) is 0 Å². The van der Waals surface area contributed by atoms with E-state index in [0.29, 0.717) is 0 Å². The molecule has 6 aromatic carbocycles. The first-order valence-corrected chi connectivity index (χ1v) is 26.1. The minimum absolute atomic E-state index is 0.100. The van der Waals surface area contributed by atoms with Crippen molar-refractivity contribution in [3.05, 3.63) is 210 Å². The van der Waals surface area contributed by atoms with Crippen molar-refractivity contribution < 1.29 is 0 Å². The summed E-state index contributed by atoms with van der Waals surface area (Å²) in [5.74, 6) is 0. The Balaban J connectivity index is 1.41. The quantitative estimate of drug-likeness (QED) is 0.135. The van der Waals surface area contributed by atoms with Gasteiger partial charge in [-0.1, -0.05) is 87.7 Å². The molecule has 0 atom stereocenters. The molecular formula is C69H72BN3. The third kappa shape index (κ3) is 8.57. The van der Waals surface area contributed by atoms with Gasteiger partial charge in [-0.15, -0.1) is 0 Å². The zero-order valence-electron chi connectivity index (χ0n) is 46.8. The highest BCUT2D eigenvalue weighted by Gasteiger charge is 2.35. The van der Waals surface area contributed by atoms with Crippen molar-refractivity contribution in [3.8, 4) is 66.8 Å². The number of nitrogens with zero attached hydrogens (tertiary/aromatic N) is 3. The van der Waals surface area contributed by atoms with Crippen LogP contribution >= 0.6 is 0 Å². The van der Waals surface area contributed by atoms with Crippen LogP contribution < -0.4 is 16.4 Å². The van der Waals surface area contributed by atoms with Crippen LogP contribution in [0, 0.1) is 125 Å². The van der Waals surface area contributed by atoms with Crippen molar-refractivity contribution in [2.45, 2.75) is 125 Å². The summed E-state index contributed by atoms with van der Waals surface area (Å²) in [5.41, 5.74) is 42.6. The summed E-state index contributed by atoms with van der Waals surface area (Å²) in [6, 6.07) is 27.5. The van der Waals surface area contributed by atoms with Crippen molar-refractivity contribution in [1.82, 2.24) is 15.0 Å². The molecule has 9 aromatic rings. The largest absolute Gasteiger partial charge is 0.264 e. The van der Waals surface area contributed by atoms with Crippen LogP contribution in [0.15, 0.2) is 110 Å². The van der Waals surface area contributed by atoms with Gasteiger partial charge >= 0.3 is 0 Å². The van der Waals surface area contributed by atoms with E-state index in [4.69, 9.17) is 0 Å². The molecular weight excluding hydrogens is 882 g/mol. The van der Waals surface area contributed by atoms with Gasteiger partial charge in [0, 0.05) is 53.9 Å². The average molecular weight is 954 g/mol. The number of aryl methyl sites for hydroxylation is 9. The zero-order valence-corrected chi connectivity index (χ0v) is 46.8. The highest BCUT2D eigenvalue weighted by Crippen LogP contribution is 2.43. The number of pyridine rings is 3. The standard InChI is InChI=1S/C69H72BN3/c1-37-31-58(49(13)64(46(37)10)55-22-19-25-71-34-55)61-40(4)28-43(7)67(52(61)16)70(68-44(8)29-41(5)62(53(68)17)59-32-38(2)47(11)65(50(59)14)56-23-20-26-72-35-56)69-45(9)30-42(6)63(54(69)18)60-33-39(3)48(12)66(51(60)15)57-24-21-27-73-36-57/h19-36H,1-18H3.